The van der Waals surface area contributed by atoms with E-state index in [0.29, 0.717) is 40.4 Å². The second kappa shape index (κ2) is 12.1. The number of halogens is 1. The molecule has 0 fully saturated rings. The van der Waals surface area contributed by atoms with E-state index in [2.05, 4.69) is 15.6 Å². The van der Waals surface area contributed by atoms with Gasteiger partial charge >= 0.3 is 0 Å². The van der Waals surface area contributed by atoms with Gasteiger partial charge in [-0.25, -0.2) is 4.99 Å². The molecule has 0 aliphatic carbocycles. The molecule has 2 N–H and O–H groups in total. The van der Waals surface area contributed by atoms with Gasteiger partial charge in [-0.15, -0.1) is 11.3 Å². The molecule has 3 amide bonds. The van der Waals surface area contributed by atoms with Crippen LogP contribution < -0.4 is 10.6 Å². The fraction of sp³-hybridized carbons (Fsp3) is 0.250. The van der Waals surface area contributed by atoms with Gasteiger partial charge in [-0.05, 0) is 60.7 Å². The van der Waals surface area contributed by atoms with Gasteiger partial charge in [-0.3, -0.25) is 19.3 Å². The van der Waals surface area contributed by atoms with Crippen molar-refractivity contribution in [2.75, 3.05) is 5.32 Å². The predicted octanol–water partition coefficient (Wildman–Crippen LogP) is 5.61. The van der Waals surface area contributed by atoms with Gasteiger partial charge in [0, 0.05) is 27.6 Å². The van der Waals surface area contributed by atoms with E-state index in [-0.39, 0.29) is 30.6 Å². The Hall–Kier alpha value is -3.47. The zero-order valence-corrected chi connectivity index (χ0v) is 23.5. The highest BCUT2D eigenvalue weighted by Crippen LogP contribution is 2.37. The number of hydrogen-bond donors (Lipinski definition) is 2. The van der Waals surface area contributed by atoms with Crippen LogP contribution in [-0.2, 0) is 20.9 Å². The Morgan fingerprint density at radius 2 is 1.90 bits per heavy atom. The van der Waals surface area contributed by atoms with E-state index in [0.717, 1.165) is 10.4 Å². The quantitative estimate of drug-likeness (QED) is 0.343. The smallest absolute Gasteiger partial charge is 0.270 e. The van der Waals surface area contributed by atoms with Crippen molar-refractivity contribution in [1.29, 1.82) is 0 Å². The highest BCUT2D eigenvalue weighted by Gasteiger charge is 2.42. The van der Waals surface area contributed by atoms with Crippen molar-refractivity contribution in [3.63, 3.8) is 0 Å². The van der Waals surface area contributed by atoms with E-state index in [1.54, 1.807) is 40.5 Å². The molecule has 39 heavy (non-hydrogen) atoms. The van der Waals surface area contributed by atoms with Gasteiger partial charge < -0.3 is 10.6 Å². The molecule has 5 rings (SSSR count). The number of anilines is 1. The third-order valence-electron chi connectivity index (χ3n) is 6.32. The number of thioether (sulfide) groups is 1. The average molecular weight is 580 g/mol. The van der Waals surface area contributed by atoms with Gasteiger partial charge in [0.2, 0.25) is 11.8 Å². The molecular formula is C28H26ClN5O3S2. The second-order valence-corrected chi connectivity index (χ2v) is 11.6. The molecule has 0 bridgehead atoms. The molecule has 0 saturated heterocycles. The molecule has 3 heterocycles. The number of carbonyl (C=O) groups excluding carboxylic acids is 3. The lowest BCUT2D eigenvalue weighted by Gasteiger charge is -2.32. The van der Waals surface area contributed by atoms with Crippen LogP contribution in [0.2, 0.25) is 5.02 Å². The number of amides is 3. The number of fused-ring (bicyclic) bond motifs is 3. The molecule has 0 saturated carbocycles. The number of thiophene rings is 1. The van der Waals surface area contributed by atoms with Gasteiger partial charge in [0.05, 0.1) is 17.5 Å². The summed E-state index contributed by atoms with van der Waals surface area (Å²) in [5.74, 6) is -0.133. The number of hydrogen-bond acceptors (Lipinski definition) is 7. The number of para-hydroxylation sites is 1. The zero-order chi connectivity index (χ0) is 27.4. The Labute approximate surface area is 239 Å². The summed E-state index contributed by atoms with van der Waals surface area (Å²) in [5, 5.41) is 8.43. The molecule has 0 spiro atoms. The molecule has 2 aliphatic heterocycles. The topological polar surface area (TPSA) is 103 Å². The average Bonchev–Trinajstić information content (AvgIpc) is 3.58. The van der Waals surface area contributed by atoms with Crippen LogP contribution in [0.3, 0.4) is 0 Å². The standard InChI is InChI=1S/C28H26ClN5O3S2/c1-2-23(27(37)31-18-11-9-17(29)10-12-18)39-28-32-21-8-4-3-7-20(21)25-33-26(36)22(34(25)28)13-14-24(35)30-16-19-6-5-15-38-19/h3-12,15,22-23H,2,13-14,16H2,1H3,(H,30,35)(H,31,37). The first-order valence-electron chi connectivity index (χ1n) is 12.5. The number of rotatable bonds is 9. The lowest BCUT2D eigenvalue weighted by atomic mass is 10.1. The Kier molecular flexibility index (Phi) is 8.44. The van der Waals surface area contributed by atoms with E-state index in [1.165, 1.54) is 11.8 Å². The summed E-state index contributed by atoms with van der Waals surface area (Å²) in [6.45, 7) is 2.38. The van der Waals surface area contributed by atoms with Gasteiger partial charge in [0.1, 0.15) is 11.9 Å². The zero-order valence-electron chi connectivity index (χ0n) is 21.1. The molecule has 0 radical (unpaired) electrons. The van der Waals surface area contributed by atoms with E-state index in [1.807, 2.05) is 48.7 Å². The summed E-state index contributed by atoms with van der Waals surface area (Å²) in [6, 6.07) is 17.6. The highest BCUT2D eigenvalue weighted by molar-refractivity contribution is 8.15. The van der Waals surface area contributed by atoms with Crippen molar-refractivity contribution < 1.29 is 14.4 Å². The molecule has 8 nitrogen and oxygen atoms in total. The predicted molar refractivity (Wildman–Crippen MR) is 158 cm³/mol. The van der Waals surface area contributed by atoms with Crippen LogP contribution in [0, 0.1) is 0 Å². The van der Waals surface area contributed by atoms with Crippen LogP contribution in [0.5, 0.6) is 0 Å². The van der Waals surface area contributed by atoms with E-state index in [9.17, 15) is 14.4 Å². The summed E-state index contributed by atoms with van der Waals surface area (Å²) in [4.78, 5) is 50.9. The first-order valence-corrected chi connectivity index (χ1v) is 14.7. The third kappa shape index (κ3) is 6.24. The number of nitrogens with zero attached hydrogens (tertiary/aromatic N) is 3. The molecule has 11 heteroatoms. The van der Waals surface area contributed by atoms with Gasteiger partial charge in [-0.2, -0.15) is 4.99 Å². The molecule has 1 aromatic heterocycles. The van der Waals surface area contributed by atoms with E-state index in [4.69, 9.17) is 16.6 Å². The van der Waals surface area contributed by atoms with Crippen LogP contribution >= 0.6 is 34.7 Å². The lowest BCUT2D eigenvalue weighted by Crippen LogP contribution is -2.45. The minimum atomic E-state index is -0.677. The highest BCUT2D eigenvalue weighted by atomic mass is 35.5. The van der Waals surface area contributed by atoms with Crippen LogP contribution in [0.1, 0.15) is 36.6 Å². The minimum absolute atomic E-state index is 0.137. The maximum absolute atomic E-state index is 13.2. The molecule has 200 valence electrons. The Balaban J connectivity index is 1.33. The van der Waals surface area contributed by atoms with Gasteiger partial charge in [0.25, 0.3) is 5.91 Å². The SMILES string of the molecule is CCC(SC1=Nc2ccccc2C2=NC(=O)C(CCC(=O)NCc3cccs3)N12)C(=O)Nc1ccc(Cl)cc1. The second-order valence-electron chi connectivity index (χ2n) is 8.98. The third-order valence-corrected chi connectivity index (χ3v) is 8.77. The molecule has 2 aromatic carbocycles. The van der Waals surface area contributed by atoms with E-state index >= 15 is 0 Å². The van der Waals surface area contributed by atoms with Crippen molar-refractivity contribution in [3.8, 4) is 0 Å². The molecule has 2 atom stereocenters. The van der Waals surface area contributed by atoms with Crippen molar-refractivity contribution in [2.24, 2.45) is 9.98 Å². The molecule has 2 unspecified atom stereocenters. The fourth-order valence-corrected chi connectivity index (χ4v) is 6.15. The number of amidine groups is 2. The number of carbonyl (C=O) groups is 3. The van der Waals surface area contributed by atoms with Crippen molar-refractivity contribution >= 4 is 74.8 Å². The number of aliphatic imine (C=N–C) groups is 2. The van der Waals surface area contributed by atoms with Crippen molar-refractivity contribution in [1.82, 2.24) is 10.2 Å². The number of nitrogens with one attached hydrogen (secondary N) is 2. The maximum atomic E-state index is 13.2. The first kappa shape index (κ1) is 27.1. The summed E-state index contributed by atoms with van der Waals surface area (Å²) >= 11 is 8.84. The van der Waals surface area contributed by atoms with Crippen LogP contribution in [-0.4, -0.2) is 44.9 Å². The van der Waals surface area contributed by atoms with Crippen LogP contribution in [0.25, 0.3) is 0 Å². The van der Waals surface area contributed by atoms with Crippen LogP contribution in [0.15, 0.2) is 76.0 Å². The first-order chi connectivity index (χ1) is 18.9. The monoisotopic (exact) mass is 579 g/mol. The van der Waals surface area contributed by atoms with Gasteiger partial charge in [0.15, 0.2) is 5.17 Å². The largest absolute Gasteiger partial charge is 0.351 e. The van der Waals surface area contributed by atoms with Crippen molar-refractivity contribution in [2.45, 2.75) is 44.0 Å². The summed E-state index contributed by atoms with van der Waals surface area (Å²) < 4.78 is 0. The van der Waals surface area contributed by atoms with Gasteiger partial charge in [-0.1, -0.05) is 48.5 Å². The molecule has 2 aliphatic rings. The minimum Gasteiger partial charge on any atom is -0.351 e. The lowest BCUT2D eigenvalue weighted by molar-refractivity contribution is -0.122. The Bertz CT molecular complexity index is 1440. The summed E-state index contributed by atoms with van der Waals surface area (Å²) in [5.41, 5.74) is 2.08. The number of benzene rings is 2. The Morgan fingerprint density at radius 1 is 1.10 bits per heavy atom. The van der Waals surface area contributed by atoms with E-state index < -0.39 is 11.3 Å². The fourth-order valence-electron chi connectivity index (χ4n) is 4.32. The summed E-state index contributed by atoms with van der Waals surface area (Å²) in [6.07, 6.45) is 0.974. The molecular weight excluding hydrogens is 554 g/mol. The normalized spacial score (nSPS) is 16.6. The van der Waals surface area contributed by atoms with Crippen molar-refractivity contribution in [3.05, 3.63) is 81.5 Å². The summed E-state index contributed by atoms with van der Waals surface area (Å²) in [7, 11) is 0. The molecule has 3 aromatic rings. The maximum Gasteiger partial charge on any atom is 0.270 e. The van der Waals surface area contributed by atoms with Crippen LogP contribution in [0.4, 0.5) is 11.4 Å². The Morgan fingerprint density at radius 3 is 2.64 bits per heavy atom.